The number of amides is 2. The number of anilines is 1. The number of nitrogens with one attached hydrogen (secondary N) is 2. The number of hydrogen-bond acceptors (Lipinski definition) is 4. The quantitative estimate of drug-likeness (QED) is 0.889. The number of aryl methyl sites for hydroxylation is 1. The number of ether oxygens (including phenoxy) is 2. The summed E-state index contributed by atoms with van der Waals surface area (Å²) in [4.78, 5) is 23.5. The first-order valence-electron chi connectivity index (χ1n) is 7.03. The summed E-state index contributed by atoms with van der Waals surface area (Å²) >= 11 is 0. The number of rotatable bonds is 5. The van der Waals surface area contributed by atoms with Gasteiger partial charge in [-0.25, -0.2) is 4.79 Å². The van der Waals surface area contributed by atoms with Gasteiger partial charge in [-0.2, -0.15) is 0 Å². The fraction of sp³-hybridized carbons (Fsp3) is 0.176. The monoisotopic (exact) mass is 314 g/mol. The SMILES string of the molecule is COc1ccc(C)cc1NC(=O)CNC(=O)Oc1ccccc1. The minimum absolute atomic E-state index is 0.206. The van der Waals surface area contributed by atoms with Crippen molar-refractivity contribution in [2.75, 3.05) is 19.0 Å². The maximum Gasteiger partial charge on any atom is 0.413 e. The lowest BCUT2D eigenvalue weighted by Gasteiger charge is -2.11. The highest BCUT2D eigenvalue weighted by Gasteiger charge is 2.10. The van der Waals surface area contributed by atoms with Crippen molar-refractivity contribution in [1.29, 1.82) is 0 Å². The second kappa shape index (κ2) is 7.84. The van der Waals surface area contributed by atoms with Crippen LogP contribution in [0.5, 0.6) is 11.5 Å². The van der Waals surface area contributed by atoms with Gasteiger partial charge in [0.15, 0.2) is 0 Å². The number of para-hydroxylation sites is 1. The van der Waals surface area contributed by atoms with Crippen molar-refractivity contribution in [3.8, 4) is 11.5 Å². The van der Waals surface area contributed by atoms with E-state index in [9.17, 15) is 9.59 Å². The van der Waals surface area contributed by atoms with Gasteiger partial charge in [-0.1, -0.05) is 24.3 Å². The number of methoxy groups -OCH3 is 1. The molecule has 0 aliphatic rings. The predicted molar refractivity (Wildman–Crippen MR) is 86.8 cm³/mol. The lowest BCUT2D eigenvalue weighted by Crippen LogP contribution is -2.34. The van der Waals surface area contributed by atoms with Gasteiger partial charge in [0.2, 0.25) is 5.91 Å². The van der Waals surface area contributed by atoms with E-state index in [4.69, 9.17) is 9.47 Å². The van der Waals surface area contributed by atoms with Crippen molar-refractivity contribution in [2.24, 2.45) is 0 Å². The number of hydrogen-bond donors (Lipinski definition) is 2. The molecule has 0 unspecified atom stereocenters. The Morgan fingerprint density at radius 2 is 1.83 bits per heavy atom. The van der Waals surface area contributed by atoms with E-state index in [0.717, 1.165) is 5.56 Å². The topological polar surface area (TPSA) is 76.7 Å². The molecule has 0 bridgehead atoms. The van der Waals surface area contributed by atoms with E-state index in [0.29, 0.717) is 17.2 Å². The zero-order valence-electron chi connectivity index (χ0n) is 13.0. The van der Waals surface area contributed by atoms with Crippen molar-refractivity contribution in [3.05, 3.63) is 54.1 Å². The smallest absolute Gasteiger partial charge is 0.413 e. The van der Waals surface area contributed by atoms with Crippen LogP contribution in [0.15, 0.2) is 48.5 Å². The van der Waals surface area contributed by atoms with Gasteiger partial charge in [0.1, 0.15) is 18.0 Å². The summed E-state index contributed by atoms with van der Waals surface area (Å²) < 4.78 is 10.2. The highest BCUT2D eigenvalue weighted by Crippen LogP contribution is 2.24. The molecule has 0 fully saturated rings. The Bertz CT molecular complexity index is 686. The van der Waals surface area contributed by atoms with E-state index < -0.39 is 6.09 Å². The van der Waals surface area contributed by atoms with Gasteiger partial charge in [-0.3, -0.25) is 4.79 Å². The molecule has 0 heterocycles. The van der Waals surface area contributed by atoms with E-state index >= 15 is 0 Å². The molecule has 0 aromatic heterocycles. The summed E-state index contributed by atoms with van der Waals surface area (Å²) in [6.45, 7) is 1.70. The van der Waals surface area contributed by atoms with Crippen LogP contribution in [0.25, 0.3) is 0 Å². The van der Waals surface area contributed by atoms with Crippen LogP contribution in [0.1, 0.15) is 5.56 Å². The first kappa shape index (κ1) is 16.4. The Morgan fingerprint density at radius 1 is 1.09 bits per heavy atom. The van der Waals surface area contributed by atoms with Crippen molar-refractivity contribution in [2.45, 2.75) is 6.92 Å². The molecule has 6 heteroatoms. The largest absolute Gasteiger partial charge is 0.495 e. The Morgan fingerprint density at radius 3 is 2.52 bits per heavy atom. The third kappa shape index (κ3) is 5.03. The van der Waals surface area contributed by atoms with Crippen LogP contribution in [0.2, 0.25) is 0 Å². The molecule has 2 amide bonds. The summed E-state index contributed by atoms with van der Waals surface area (Å²) in [7, 11) is 1.52. The van der Waals surface area contributed by atoms with Gasteiger partial charge in [-0.15, -0.1) is 0 Å². The molecule has 0 saturated carbocycles. The van der Waals surface area contributed by atoms with E-state index in [2.05, 4.69) is 10.6 Å². The van der Waals surface area contributed by atoms with E-state index in [1.54, 1.807) is 36.4 Å². The average Bonchev–Trinajstić information content (AvgIpc) is 2.54. The summed E-state index contributed by atoms with van der Waals surface area (Å²) in [5, 5.41) is 5.08. The first-order valence-corrected chi connectivity index (χ1v) is 7.03. The summed E-state index contributed by atoms with van der Waals surface area (Å²) in [6, 6.07) is 14.0. The molecular weight excluding hydrogens is 296 g/mol. The molecule has 2 rings (SSSR count). The maximum atomic E-state index is 11.9. The average molecular weight is 314 g/mol. The third-order valence-electron chi connectivity index (χ3n) is 2.98. The predicted octanol–water partition coefficient (Wildman–Crippen LogP) is 2.73. The number of benzene rings is 2. The van der Waals surface area contributed by atoms with Gasteiger partial charge < -0.3 is 20.1 Å². The number of carbonyl (C=O) groups is 2. The van der Waals surface area contributed by atoms with Gasteiger partial charge >= 0.3 is 6.09 Å². The Labute approximate surface area is 134 Å². The summed E-state index contributed by atoms with van der Waals surface area (Å²) in [5.41, 5.74) is 1.54. The molecule has 2 aromatic carbocycles. The molecule has 2 aromatic rings. The molecule has 0 saturated heterocycles. The minimum Gasteiger partial charge on any atom is -0.495 e. The van der Waals surface area contributed by atoms with E-state index in [1.807, 2.05) is 19.1 Å². The fourth-order valence-electron chi connectivity index (χ4n) is 1.90. The summed E-state index contributed by atoms with van der Waals surface area (Å²) in [6.07, 6.45) is -0.692. The zero-order chi connectivity index (χ0) is 16.7. The van der Waals surface area contributed by atoms with Crippen LogP contribution in [-0.4, -0.2) is 25.7 Å². The number of carbonyl (C=O) groups excluding carboxylic acids is 2. The van der Waals surface area contributed by atoms with Crippen LogP contribution >= 0.6 is 0 Å². The molecule has 6 nitrogen and oxygen atoms in total. The lowest BCUT2D eigenvalue weighted by atomic mass is 10.2. The van der Waals surface area contributed by atoms with Crippen molar-refractivity contribution < 1.29 is 19.1 Å². The Kier molecular flexibility index (Phi) is 5.57. The maximum absolute atomic E-state index is 11.9. The molecule has 0 aliphatic carbocycles. The van der Waals surface area contributed by atoms with Crippen molar-refractivity contribution >= 4 is 17.7 Å². The molecule has 0 radical (unpaired) electrons. The van der Waals surface area contributed by atoms with Crippen LogP contribution < -0.4 is 20.1 Å². The molecule has 0 spiro atoms. The highest BCUT2D eigenvalue weighted by atomic mass is 16.6. The second-order valence-electron chi connectivity index (χ2n) is 4.81. The Balaban J connectivity index is 1.85. The second-order valence-corrected chi connectivity index (χ2v) is 4.81. The molecule has 0 aliphatic heterocycles. The van der Waals surface area contributed by atoms with Crippen LogP contribution in [0.4, 0.5) is 10.5 Å². The van der Waals surface area contributed by atoms with Crippen molar-refractivity contribution in [1.82, 2.24) is 5.32 Å². The third-order valence-corrected chi connectivity index (χ3v) is 2.98. The van der Waals surface area contributed by atoms with Crippen LogP contribution in [-0.2, 0) is 4.79 Å². The molecular formula is C17H18N2O4. The van der Waals surface area contributed by atoms with Gasteiger partial charge in [0.25, 0.3) is 0 Å². The normalized spacial score (nSPS) is 9.83. The molecule has 120 valence electrons. The minimum atomic E-state index is -0.692. The standard InChI is InChI=1S/C17H18N2O4/c1-12-8-9-15(22-2)14(10-12)19-16(20)11-18-17(21)23-13-6-4-3-5-7-13/h3-10H,11H2,1-2H3,(H,18,21)(H,19,20). The van der Waals surface area contributed by atoms with Gasteiger partial charge in [-0.05, 0) is 36.8 Å². The molecule has 2 N–H and O–H groups in total. The fourth-order valence-corrected chi connectivity index (χ4v) is 1.90. The van der Waals surface area contributed by atoms with E-state index in [1.165, 1.54) is 7.11 Å². The van der Waals surface area contributed by atoms with Gasteiger partial charge in [0, 0.05) is 0 Å². The lowest BCUT2D eigenvalue weighted by molar-refractivity contribution is -0.115. The molecule has 0 atom stereocenters. The first-order chi connectivity index (χ1) is 11.1. The van der Waals surface area contributed by atoms with E-state index in [-0.39, 0.29) is 12.5 Å². The summed E-state index contributed by atoms with van der Waals surface area (Å²) in [5.74, 6) is 0.584. The highest BCUT2D eigenvalue weighted by molar-refractivity contribution is 5.95. The molecule has 23 heavy (non-hydrogen) atoms. The van der Waals surface area contributed by atoms with Crippen LogP contribution in [0, 0.1) is 6.92 Å². The van der Waals surface area contributed by atoms with Crippen LogP contribution in [0.3, 0.4) is 0 Å². The Hall–Kier alpha value is -3.02. The van der Waals surface area contributed by atoms with Gasteiger partial charge in [0.05, 0.1) is 12.8 Å². The zero-order valence-corrected chi connectivity index (χ0v) is 13.0. The van der Waals surface area contributed by atoms with Crippen molar-refractivity contribution in [3.63, 3.8) is 0 Å².